The van der Waals surface area contributed by atoms with Gasteiger partial charge in [-0.25, -0.2) is 0 Å². The molecule has 0 saturated carbocycles. The van der Waals surface area contributed by atoms with Crippen molar-refractivity contribution < 1.29 is 18.0 Å². The van der Waals surface area contributed by atoms with E-state index in [-0.39, 0.29) is 12.2 Å². The number of hydrogen-bond acceptors (Lipinski definition) is 1. The molecule has 21 heavy (non-hydrogen) atoms. The van der Waals surface area contributed by atoms with Crippen LogP contribution in [-0.4, -0.2) is 5.78 Å². The minimum atomic E-state index is -4.36. The fourth-order valence-electron chi connectivity index (χ4n) is 1.81. The molecule has 0 unspecified atom stereocenters. The molecular formula is C15H9Br2F3O. The van der Waals surface area contributed by atoms with Crippen LogP contribution in [-0.2, 0) is 12.6 Å². The fourth-order valence-corrected chi connectivity index (χ4v) is 3.11. The first-order valence-corrected chi connectivity index (χ1v) is 7.50. The Morgan fingerprint density at radius 2 is 1.48 bits per heavy atom. The van der Waals surface area contributed by atoms with Crippen molar-refractivity contribution >= 4 is 37.6 Å². The summed E-state index contributed by atoms with van der Waals surface area (Å²) < 4.78 is 38.9. The van der Waals surface area contributed by atoms with Crippen molar-refractivity contribution in [3.05, 3.63) is 68.1 Å². The molecule has 0 amide bonds. The quantitative estimate of drug-likeness (QED) is 0.584. The summed E-state index contributed by atoms with van der Waals surface area (Å²) in [5.41, 5.74) is 0.323. The Bertz CT molecular complexity index is 643. The summed E-state index contributed by atoms with van der Waals surface area (Å²) in [4.78, 5) is 12.1. The van der Waals surface area contributed by atoms with Crippen LogP contribution in [0.1, 0.15) is 21.5 Å². The molecule has 0 N–H and O–H groups in total. The lowest BCUT2D eigenvalue weighted by Crippen LogP contribution is -2.06. The first-order chi connectivity index (χ1) is 9.75. The molecule has 0 atom stereocenters. The lowest BCUT2D eigenvalue weighted by molar-refractivity contribution is -0.137. The second-order valence-electron chi connectivity index (χ2n) is 4.45. The number of hydrogen-bond donors (Lipinski definition) is 0. The number of carbonyl (C=O) groups excluding carboxylic acids is 1. The van der Waals surface area contributed by atoms with Gasteiger partial charge in [-0.05, 0) is 35.9 Å². The van der Waals surface area contributed by atoms with Gasteiger partial charge in [-0.1, -0.05) is 44.0 Å². The van der Waals surface area contributed by atoms with Crippen LogP contribution in [0.5, 0.6) is 0 Å². The van der Waals surface area contributed by atoms with E-state index in [1.807, 2.05) is 0 Å². The Morgan fingerprint density at radius 1 is 0.952 bits per heavy atom. The predicted octanol–water partition coefficient (Wildman–Crippen LogP) is 5.66. The topological polar surface area (TPSA) is 17.1 Å². The van der Waals surface area contributed by atoms with Crippen LogP contribution in [0.25, 0.3) is 0 Å². The van der Waals surface area contributed by atoms with Gasteiger partial charge in [-0.3, -0.25) is 4.79 Å². The van der Waals surface area contributed by atoms with Gasteiger partial charge < -0.3 is 0 Å². The van der Waals surface area contributed by atoms with E-state index in [1.165, 1.54) is 12.1 Å². The SMILES string of the molecule is O=C(Cc1ccc(C(F)(F)F)cc1)c1cc(Br)cc(Br)c1. The highest BCUT2D eigenvalue weighted by molar-refractivity contribution is 9.11. The Hall–Kier alpha value is -1.14. The maximum absolute atomic E-state index is 12.5. The number of alkyl halides is 3. The van der Waals surface area contributed by atoms with Gasteiger partial charge >= 0.3 is 6.18 Å². The molecule has 2 aromatic rings. The number of ketones is 1. The van der Waals surface area contributed by atoms with Crippen LogP contribution in [0.4, 0.5) is 13.2 Å². The Labute approximate surface area is 136 Å². The van der Waals surface area contributed by atoms with Gasteiger partial charge in [0.05, 0.1) is 5.56 Å². The van der Waals surface area contributed by atoms with Crippen molar-refractivity contribution in [3.8, 4) is 0 Å². The van der Waals surface area contributed by atoms with E-state index in [9.17, 15) is 18.0 Å². The highest BCUT2D eigenvalue weighted by Crippen LogP contribution is 2.29. The Balaban J connectivity index is 2.16. The molecule has 0 saturated heterocycles. The van der Waals surface area contributed by atoms with E-state index in [0.29, 0.717) is 11.1 Å². The highest BCUT2D eigenvalue weighted by atomic mass is 79.9. The van der Waals surface area contributed by atoms with E-state index >= 15 is 0 Å². The molecule has 2 aromatic carbocycles. The summed E-state index contributed by atoms with van der Waals surface area (Å²) in [7, 11) is 0. The van der Waals surface area contributed by atoms with E-state index in [0.717, 1.165) is 21.1 Å². The minimum Gasteiger partial charge on any atom is -0.294 e. The summed E-state index contributed by atoms with van der Waals surface area (Å²) in [6.45, 7) is 0. The van der Waals surface area contributed by atoms with Gasteiger partial charge in [0.25, 0.3) is 0 Å². The Kier molecular flexibility index (Phi) is 4.88. The predicted molar refractivity (Wildman–Crippen MR) is 81.3 cm³/mol. The van der Waals surface area contributed by atoms with Crippen LogP contribution >= 0.6 is 31.9 Å². The molecule has 0 aliphatic rings. The second kappa shape index (κ2) is 6.32. The lowest BCUT2D eigenvalue weighted by atomic mass is 10.0. The first-order valence-electron chi connectivity index (χ1n) is 5.91. The molecule has 0 bridgehead atoms. The van der Waals surface area contributed by atoms with Crippen LogP contribution < -0.4 is 0 Å². The third-order valence-electron chi connectivity index (χ3n) is 2.83. The van der Waals surface area contributed by atoms with E-state index in [2.05, 4.69) is 31.9 Å². The zero-order chi connectivity index (χ0) is 15.6. The maximum Gasteiger partial charge on any atom is 0.416 e. The molecule has 0 aromatic heterocycles. The maximum atomic E-state index is 12.5. The van der Waals surface area contributed by atoms with Gasteiger partial charge in [0.15, 0.2) is 5.78 Å². The van der Waals surface area contributed by atoms with Gasteiger partial charge in [0, 0.05) is 20.9 Å². The minimum absolute atomic E-state index is 0.0566. The monoisotopic (exact) mass is 420 g/mol. The summed E-state index contributed by atoms with van der Waals surface area (Å²) in [6.07, 6.45) is -4.31. The Morgan fingerprint density at radius 3 is 1.95 bits per heavy atom. The standard InChI is InChI=1S/C15H9Br2F3O/c16-12-6-10(7-13(17)8-12)14(21)5-9-1-3-11(4-2-9)15(18,19)20/h1-4,6-8H,5H2. The average molecular weight is 422 g/mol. The molecule has 0 fully saturated rings. The molecule has 0 radical (unpaired) electrons. The van der Waals surface area contributed by atoms with E-state index in [4.69, 9.17) is 0 Å². The molecule has 110 valence electrons. The second-order valence-corrected chi connectivity index (χ2v) is 6.28. The summed E-state index contributed by atoms with van der Waals surface area (Å²) in [5, 5.41) is 0. The summed E-state index contributed by atoms with van der Waals surface area (Å²) >= 11 is 6.58. The molecule has 1 nitrogen and oxygen atoms in total. The number of carbonyl (C=O) groups is 1. The highest BCUT2D eigenvalue weighted by Gasteiger charge is 2.29. The van der Waals surface area contributed by atoms with Crippen molar-refractivity contribution in [2.45, 2.75) is 12.6 Å². The molecule has 2 rings (SSSR count). The zero-order valence-electron chi connectivity index (χ0n) is 10.5. The smallest absolute Gasteiger partial charge is 0.294 e. The third-order valence-corrected chi connectivity index (χ3v) is 3.75. The van der Waals surface area contributed by atoms with Crippen LogP contribution in [0.3, 0.4) is 0 Å². The van der Waals surface area contributed by atoms with Crippen molar-refractivity contribution in [3.63, 3.8) is 0 Å². The van der Waals surface area contributed by atoms with Crippen LogP contribution in [0, 0.1) is 0 Å². The molecule has 0 aliphatic heterocycles. The van der Waals surface area contributed by atoms with Gasteiger partial charge in [-0.2, -0.15) is 13.2 Å². The fraction of sp³-hybridized carbons (Fsp3) is 0.133. The van der Waals surface area contributed by atoms with Crippen molar-refractivity contribution in [2.75, 3.05) is 0 Å². The molecule has 6 heteroatoms. The summed E-state index contributed by atoms with van der Waals surface area (Å²) in [5.74, 6) is -0.156. The number of rotatable bonds is 3. The van der Waals surface area contributed by atoms with Gasteiger partial charge in [0.1, 0.15) is 0 Å². The largest absolute Gasteiger partial charge is 0.416 e. The molecular weight excluding hydrogens is 413 g/mol. The lowest BCUT2D eigenvalue weighted by Gasteiger charge is -2.07. The van der Waals surface area contributed by atoms with Gasteiger partial charge in [0.2, 0.25) is 0 Å². The third kappa shape index (κ3) is 4.41. The number of benzene rings is 2. The van der Waals surface area contributed by atoms with E-state index < -0.39 is 11.7 Å². The normalized spacial score (nSPS) is 11.5. The van der Waals surface area contributed by atoms with Crippen molar-refractivity contribution in [2.24, 2.45) is 0 Å². The molecule has 0 heterocycles. The van der Waals surface area contributed by atoms with Crippen LogP contribution in [0.15, 0.2) is 51.4 Å². The summed E-state index contributed by atoms with van der Waals surface area (Å²) in [6, 6.07) is 9.78. The van der Waals surface area contributed by atoms with Crippen LogP contribution in [0.2, 0.25) is 0 Å². The van der Waals surface area contributed by atoms with E-state index in [1.54, 1.807) is 18.2 Å². The zero-order valence-corrected chi connectivity index (χ0v) is 13.7. The number of Topliss-reactive ketones (excluding diaryl/α,β-unsaturated/α-hetero) is 1. The van der Waals surface area contributed by atoms with Crippen molar-refractivity contribution in [1.29, 1.82) is 0 Å². The van der Waals surface area contributed by atoms with Gasteiger partial charge in [-0.15, -0.1) is 0 Å². The molecule has 0 aliphatic carbocycles. The average Bonchev–Trinajstić information content (AvgIpc) is 2.37. The first kappa shape index (κ1) is 16.2. The number of halogens is 5. The van der Waals surface area contributed by atoms with Crippen molar-refractivity contribution in [1.82, 2.24) is 0 Å². The molecule has 0 spiro atoms.